The van der Waals surface area contributed by atoms with E-state index in [1.165, 1.54) is 32.1 Å². The van der Waals surface area contributed by atoms with E-state index in [1.54, 1.807) is 0 Å². The largest absolute Gasteiger partial charge is 0.462 e. The van der Waals surface area contributed by atoms with Crippen molar-refractivity contribution >= 4 is 5.97 Å². The fourth-order valence-electron chi connectivity index (χ4n) is 2.07. The van der Waals surface area contributed by atoms with Crippen LogP contribution in [0.2, 0.25) is 0 Å². The van der Waals surface area contributed by atoms with Gasteiger partial charge in [0.15, 0.2) is 0 Å². The summed E-state index contributed by atoms with van der Waals surface area (Å²) in [5, 5.41) is 0. The fourth-order valence-corrected chi connectivity index (χ4v) is 2.07. The number of carbonyl (C=O) groups excluding carboxylic acids is 1. The van der Waals surface area contributed by atoms with Gasteiger partial charge in [-0.2, -0.15) is 0 Å². The molecule has 1 aliphatic heterocycles. The van der Waals surface area contributed by atoms with Crippen molar-refractivity contribution in [2.75, 3.05) is 0 Å². The zero-order chi connectivity index (χ0) is 10.4. The van der Waals surface area contributed by atoms with Gasteiger partial charge in [0.1, 0.15) is 0 Å². The van der Waals surface area contributed by atoms with Crippen molar-refractivity contribution in [2.45, 2.75) is 64.9 Å². The molecule has 1 heterocycles. The smallest absolute Gasteiger partial charge is 0.309 e. The van der Waals surface area contributed by atoms with Gasteiger partial charge in [-0.15, -0.1) is 0 Å². The van der Waals surface area contributed by atoms with Gasteiger partial charge < -0.3 is 4.74 Å². The Balaban J connectivity index is 2.04. The molecule has 1 aliphatic rings. The quantitative estimate of drug-likeness (QED) is 0.483. The molecule has 0 spiro atoms. The third-order valence-electron chi connectivity index (χ3n) is 2.92. The zero-order valence-electron chi connectivity index (χ0n) is 9.42. The van der Waals surface area contributed by atoms with E-state index in [1.807, 2.05) is 6.92 Å². The number of unbranched alkanes of at least 4 members (excludes halogenated alkanes) is 4. The summed E-state index contributed by atoms with van der Waals surface area (Å²) >= 11 is 0. The summed E-state index contributed by atoms with van der Waals surface area (Å²) in [6.07, 6.45) is 8.50. The summed E-state index contributed by atoms with van der Waals surface area (Å²) in [7, 11) is 0. The highest BCUT2D eigenvalue weighted by atomic mass is 16.5. The monoisotopic (exact) mass is 198 g/mol. The maximum absolute atomic E-state index is 11.3. The first kappa shape index (κ1) is 11.5. The Morgan fingerprint density at radius 1 is 1.29 bits per heavy atom. The Labute approximate surface area is 87.0 Å². The first-order chi connectivity index (χ1) is 6.74. The second-order valence-electron chi connectivity index (χ2n) is 4.38. The average Bonchev–Trinajstić information content (AvgIpc) is 2.45. The Bertz CT molecular complexity index is 177. The predicted octanol–water partition coefficient (Wildman–Crippen LogP) is 3.30. The van der Waals surface area contributed by atoms with Crippen LogP contribution in [-0.4, -0.2) is 12.1 Å². The molecule has 0 radical (unpaired) electrons. The van der Waals surface area contributed by atoms with E-state index in [2.05, 4.69) is 6.92 Å². The van der Waals surface area contributed by atoms with Gasteiger partial charge in [-0.25, -0.2) is 0 Å². The van der Waals surface area contributed by atoms with E-state index >= 15 is 0 Å². The van der Waals surface area contributed by atoms with E-state index < -0.39 is 0 Å². The van der Waals surface area contributed by atoms with E-state index in [9.17, 15) is 4.79 Å². The molecule has 0 saturated carbocycles. The van der Waals surface area contributed by atoms with Crippen molar-refractivity contribution in [1.82, 2.24) is 0 Å². The van der Waals surface area contributed by atoms with Crippen molar-refractivity contribution in [2.24, 2.45) is 5.92 Å². The summed E-state index contributed by atoms with van der Waals surface area (Å²) in [6.45, 7) is 4.20. The minimum atomic E-state index is 0.0352. The molecule has 0 bridgehead atoms. The molecule has 0 amide bonds. The summed E-state index contributed by atoms with van der Waals surface area (Å²) in [4.78, 5) is 11.3. The van der Waals surface area contributed by atoms with Gasteiger partial charge in [-0.05, 0) is 19.8 Å². The van der Waals surface area contributed by atoms with E-state index in [-0.39, 0.29) is 18.0 Å². The van der Waals surface area contributed by atoms with Gasteiger partial charge >= 0.3 is 5.97 Å². The van der Waals surface area contributed by atoms with Crippen LogP contribution in [0.5, 0.6) is 0 Å². The molecule has 0 aromatic carbocycles. The lowest BCUT2D eigenvalue weighted by atomic mass is 9.97. The standard InChI is InChI=1S/C12H22O2/c1-3-4-5-6-7-8-11-9-10(2)14-12(11)13/h10-11H,3-9H2,1-2H3/t10?,11-/m1/s1. The predicted molar refractivity (Wildman–Crippen MR) is 57.0 cm³/mol. The minimum Gasteiger partial charge on any atom is -0.462 e. The molecule has 1 fully saturated rings. The van der Waals surface area contributed by atoms with E-state index in [0.29, 0.717) is 0 Å². The van der Waals surface area contributed by atoms with Crippen molar-refractivity contribution in [1.29, 1.82) is 0 Å². The van der Waals surface area contributed by atoms with Crippen LogP contribution < -0.4 is 0 Å². The topological polar surface area (TPSA) is 26.3 Å². The Hall–Kier alpha value is -0.530. The van der Waals surface area contributed by atoms with Gasteiger partial charge in [0.05, 0.1) is 12.0 Å². The molecule has 1 saturated heterocycles. The van der Waals surface area contributed by atoms with Crippen LogP contribution >= 0.6 is 0 Å². The maximum atomic E-state index is 11.3. The highest BCUT2D eigenvalue weighted by molar-refractivity contribution is 5.74. The number of ether oxygens (including phenoxy) is 1. The third-order valence-corrected chi connectivity index (χ3v) is 2.92. The molecule has 82 valence electrons. The van der Waals surface area contributed by atoms with Gasteiger partial charge in [0, 0.05) is 0 Å². The number of cyclic esters (lactones) is 1. The number of esters is 1. The summed E-state index contributed by atoms with van der Waals surface area (Å²) in [5.74, 6) is 0.236. The second kappa shape index (κ2) is 6.05. The Morgan fingerprint density at radius 2 is 2.00 bits per heavy atom. The fraction of sp³-hybridized carbons (Fsp3) is 0.917. The lowest BCUT2D eigenvalue weighted by molar-refractivity contribution is -0.143. The molecule has 1 rings (SSSR count). The Morgan fingerprint density at radius 3 is 2.57 bits per heavy atom. The Kier molecular flexibility index (Phi) is 4.99. The lowest BCUT2D eigenvalue weighted by Gasteiger charge is -2.04. The molecule has 2 nitrogen and oxygen atoms in total. The van der Waals surface area contributed by atoms with Crippen LogP contribution in [0.3, 0.4) is 0 Å². The summed E-state index contributed by atoms with van der Waals surface area (Å²) in [5.41, 5.74) is 0. The molecule has 0 aromatic heterocycles. The molecule has 14 heavy (non-hydrogen) atoms. The highest BCUT2D eigenvalue weighted by Crippen LogP contribution is 2.25. The molecular formula is C12H22O2. The molecule has 0 aliphatic carbocycles. The van der Waals surface area contributed by atoms with Crippen molar-refractivity contribution in [3.05, 3.63) is 0 Å². The maximum Gasteiger partial charge on any atom is 0.309 e. The molecule has 2 heteroatoms. The van der Waals surface area contributed by atoms with Crippen LogP contribution in [0.25, 0.3) is 0 Å². The van der Waals surface area contributed by atoms with E-state index in [4.69, 9.17) is 4.74 Å². The summed E-state index contributed by atoms with van der Waals surface area (Å²) in [6, 6.07) is 0. The average molecular weight is 198 g/mol. The molecule has 0 aromatic rings. The lowest BCUT2D eigenvalue weighted by Crippen LogP contribution is -2.07. The number of rotatable bonds is 6. The summed E-state index contributed by atoms with van der Waals surface area (Å²) < 4.78 is 5.11. The molecule has 0 N–H and O–H groups in total. The van der Waals surface area contributed by atoms with E-state index in [0.717, 1.165) is 12.8 Å². The highest BCUT2D eigenvalue weighted by Gasteiger charge is 2.30. The van der Waals surface area contributed by atoms with Crippen molar-refractivity contribution in [3.63, 3.8) is 0 Å². The van der Waals surface area contributed by atoms with Crippen LogP contribution in [0.15, 0.2) is 0 Å². The van der Waals surface area contributed by atoms with Gasteiger partial charge in [0.2, 0.25) is 0 Å². The number of hydrogen-bond acceptors (Lipinski definition) is 2. The first-order valence-corrected chi connectivity index (χ1v) is 5.94. The molecule has 1 unspecified atom stereocenters. The zero-order valence-corrected chi connectivity index (χ0v) is 9.42. The third kappa shape index (κ3) is 3.69. The number of hydrogen-bond donors (Lipinski definition) is 0. The minimum absolute atomic E-state index is 0.0352. The van der Waals surface area contributed by atoms with Gasteiger partial charge in [-0.3, -0.25) is 4.79 Å². The van der Waals surface area contributed by atoms with Gasteiger partial charge in [0.25, 0.3) is 0 Å². The van der Waals surface area contributed by atoms with Crippen LogP contribution in [-0.2, 0) is 9.53 Å². The van der Waals surface area contributed by atoms with Crippen molar-refractivity contribution < 1.29 is 9.53 Å². The van der Waals surface area contributed by atoms with Gasteiger partial charge in [-0.1, -0.05) is 39.0 Å². The van der Waals surface area contributed by atoms with Crippen LogP contribution in [0.1, 0.15) is 58.8 Å². The number of carbonyl (C=O) groups is 1. The molecule has 2 atom stereocenters. The van der Waals surface area contributed by atoms with Crippen LogP contribution in [0, 0.1) is 5.92 Å². The van der Waals surface area contributed by atoms with Crippen molar-refractivity contribution in [3.8, 4) is 0 Å². The first-order valence-electron chi connectivity index (χ1n) is 5.94. The molecular weight excluding hydrogens is 176 g/mol. The van der Waals surface area contributed by atoms with Crippen LogP contribution in [0.4, 0.5) is 0 Å². The normalized spacial score (nSPS) is 26.6. The SMILES string of the molecule is CCCCCCC[C@@H]1CC(C)OC1=O. The second-order valence-corrected chi connectivity index (χ2v) is 4.38.